The van der Waals surface area contributed by atoms with Crippen LogP contribution in [-0.4, -0.2) is 9.97 Å². The third-order valence-corrected chi connectivity index (χ3v) is 9.76. The molecule has 0 radical (unpaired) electrons. The van der Waals surface area contributed by atoms with Gasteiger partial charge in [-0.2, -0.15) is 0 Å². The summed E-state index contributed by atoms with van der Waals surface area (Å²) < 4.78 is 0. The van der Waals surface area contributed by atoms with Crippen LogP contribution in [0.5, 0.6) is 0 Å². The van der Waals surface area contributed by atoms with E-state index in [2.05, 4.69) is 133 Å². The maximum Gasteiger partial charge on any atom is 0.0888 e. The minimum absolute atomic E-state index is 0.935. The molecule has 2 nitrogen and oxygen atoms in total. The SMILES string of the molecule is c1ccc2c(CCc3ccnc(-c4cc(CCc5ccc6ccc7cccc8ccc5c6c78)ccn4)c3)c3ccccc3cc2c1. The van der Waals surface area contributed by atoms with Crippen LogP contribution in [0.1, 0.15) is 22.3 Å². The zero-order chi connectivity index (χ0) is 30.5. The number of pyridine rings is 2. The van der Waals surface area contributed by atoms with Crippen LogP contribution >= 0.6 is 0 Å². The van der Waals surface area contributed by atoms with Crippen molar-refractivity contribution in [1.82, 2.24) is 9.97 Å². The maximum atomic E-state index is 4.75. The highest BCUT2D eigenvalue weighted by atomic mass is 14.8. The van der Waals surface area contributed by atoms with Crippen LogP contribution in [0.3, 0.4) is 0 Å². The van der Waals surface area contributed by atoms with E-state index in [0.717, 1.165) is 37.1 Å². The van der Waals surface area contributed by atoms with Crippen LogP contribution in [0.25, 0.3) is 65.3 Å². The number of hydrogen-bond donors (Lipinski definition) is 0. The summed E-state index contributed by atoms with van der Waals surface area (Å²) in [5, 5.41) is 13.4. The van der Waals surface area contributed by atoms with Crippen LogP contribution < -0.4 is 0 Å². The molecule has 0 amide bonds. The summed E-state index contributed by atoms with van der Waals surface area (Å²) in [4.78, 5) is 9.50. The molecule has 0 aliphatic heterocycles. The Balaban J connectivity index is 0.977. The lowest BCUT2D eigenvalue weighted by Gasteiger charge is -2.14. The van der Waals surface area contributed by atoms with E-state index in [4.69, 9.17) is 9.97 Å². The summed E-state index contributed by atoms with van der Waals surface area (Å²) in [5.74, 6) is 0. The fourth-order valence-electron chi connectivity index (χ4n) is 7.48. The average Bonchev–Trinajstić information content (AvgIpc) is 3.12. The van der Waals surface area contributed by atoms with E-state index in [1.165, 1.54) is 76.1 Å². The molecule has 9 rings (SSSR count). The minimum Gasteiger partial charge on any atom is -0.255 e. The summed E-state index contributed by atoms with van der Waals surface area (Å²) in [6.07, 6.45) is 7.72. The molecular weight excluding hydrogens is 556 g/mol. The molecule has 0 aliphatic rings. The van der Waals surface area contributed by atoms with Crippen LogP contribution in [-0.2, 0) is 25.7 Å². The number of hydrogen-bond acceptors (Lipinski definition) is 2. The fraction of sp³-hybridized carbons (Fsp3) is 0.0909. The first kappa shape index (κ1) is 26.8. The van der Waals surface area contributed by atoms with Crippen molar-refractivity contribution in [3.05, 3.63) is 168 Å². The molecule has 0 fully saturated rings. The molecule has 0 bridgehead atoms. The molecule has 218 valence electrons. The van der Waals surface area contributed by atoms with E-state index >= 15 is 0 Å². The van der Waals surface area contributed by atoms with Crippen LogP contribution in [0, 0.1) is 0 Å². The van der Waals surface area contributed by atoms with Crippen LogP contribution in [0.15, 0.2) is 146 Å². The molecule has 0 saturated carbocycles. The molecule has 9 aromatic rings. The van der Waals surface area contributed by atoms with Gasteiger partial charge in [0.15, 0.2) is 0 Å². The van der Waals surface area contributed by atoms with Crippen molar-refractivity contribution in [3.8, 4) is 11.4 Å². The Morgan fingerprint density at radius 1 is 0.370 bits per heavy atom. The predicted octanol–water partition coefficient (Wildman–Crippen LogP) is 10.9. The summed E-state index contributed by atoms with van der Waals surface area (Å²) in [6.45, 7) is 0. The van der Waals surface area contributed by atoms with E-state index < -0.39 is 0 Å². The van der Waals surface area contributed by atoms with Gasteiger partial charge < -0.3 is 0 Å². The van der Waals surface area contributed by atoms with Gasteiger partial charge in [0.25, 0.3) is 0 Å². The first-order chi connectivity index (χ1) is 22.8. The molecular formula is C44H32N2. The van der Waals surface area contributed by atoms with E-state index in [9.17, 15) is 0 Å². The fourth-order valence-corrected chi connectivity index (χ4v) is 7.48. The zero-order valence-corrected chi connectivity index (χ0v) is 25.6. The van der Waals surface area contributed by atoms with Gasteiger partial charge in [-0.05, 0) is 132 Å². The first-order valence-corrected chi connectivity index (χ1v) is 16.2. The van der Waals surface area contributed by atoms with Gasteiger partial charge in [0.1, 0.15) is 0 Å². The van der Waals surface area contributed by atoms with E-state index in [1.54, 1.807) is 0 Å². The smallest absolute Gasteiger partial charge is 0.0888 e. The van der Waals surface area contributed by atoms with Crippen molar-refractivity contribution in [2.45, 2.75) is 25.7 Å². The lowest BCUT2D eigenvalue weighted by Crippen LogP contribution is -1.98. The van der Waals surface area contributed by atoms with Crippen molar-refractivity contribution in [1.29, 1.82) is 0 Å². The van der Waals surface area contributed by atoms with Gasteiger partial charge in [-0.3, -0.25) is 9.97 Å². The Hall–Kier alpha value is -5.60. The molecule has 0 unspecified atom stereocenters. The molecule has 0 atom stereocenters. The van der Waals surface area contributed by atoms with Gasteiger partial charge in [0.2, 0.25) is 0 Å². The molecule has 46 heavy (non-hydrogen) atoms. The topological polar surface area (TPSA) is 25.8 Å². The largest absolute Gasteiger partial charge is 0.255 e. The second-order valence-corrected chi connectivity index (χ2v) is 12.5. The summed E-state index contributed by atoms with van der Waals surface area (Å²) in [7, 11) is 0. The van der Waals surface area contributed by atoms with E-state index in [0.29, 0.717) is 0 Å². The molecule has 0 saturated heterocycles. The van der Waals surface area contributed by atoms with Crippen LogP contribution in [0.4, 0.5) is 0 Å². The zero-order valence-electron chi connectivity index (χ0n) is 25.6. The normalized spacial score (nSPS) is 11.8. The second kappa shape index (κ2) is 11.1. The molecule has 0 N–H and O–H groups in total. The number of fused-ring (bicyclic) bond motifs is 2. The van der Waals surface area contributed by atoms with Gasteiger partial charge in [-0.25, -0.2) is 0 Å². The minimum atomic E-state index is 0.935. The van der Waals surface area contributed by atoms with Gasteiger partial charge in [0.05, 0.1) is 11.4 Å². The average molecular weight is 589 g/mol. The second-order valence-electron chi connectivity index (χ2n) is 12.5. The van der Waals surface area contributed by atoms with E-state index in [-0.39, 0.29) is 0 Å². The quantitative estimate of drug-likeness (QED) is 0.137. The summed E-state index contributed by atoms with van der Waals surface area (Å²) in [6, 6.07) is 48.9. The van der Waals surface area contributed by atoms with Crippen molar-refractivity contribution in [2.24, 2.45) is 0 Å². The molecule has 0 spiro atoms. The number of aryl methyl sites for hydroxylation is 4. The highest BCUT2D eigenvalue weighted by Crippen LogP contribution is 2.36. The Morgan fingerprint density at radius 2 is 0.913 bits per heavy atom. The standard InChI is InChI=1S/C44H32N2/c1-3-10-37-35(6-1)28-36-7-2-4-11-38(36)40(37)20-13-30-23-25-46-42(27-30)41-26-29(22-24-45-41)12-14-31-15-16-34-18-17-32-8-5-9-33-19-21-39(31)44(34)43(32)33/h1-11,15-19,21-28H,12-14,20H2. The van der Waals surface area contributed by atoms with Crippen molar-refractivity contribution in [3.63, 3.8) is 0 Å². The highest BCUT2D eigenvalue weighted by Gasteiger charge is 2.12. The Kier molecular flexibility index (Phi) is 6.45. The lowest BCUT2D eigenvalue weighted by atomic mass is 9.90. The van der Waals surface area contributed by atoms with Gasteiger partial charge >= 0.3 is 0 Å². The van der Waals surface area contributed by atoms with Gasteiger partial charge in [-0.1, -0.05) is 103 Å². The maximum absolute atomic E-state index is 4.75. The number of aromatic nitrogens is 2. The number of benzene rings is 7. The predicted molar refractivity (Wildman–Crippen MR) is 194 cm³/mol. The Morgan fingerprint density at radius 3 is 1.59 bits per heavy atom. The highest BCUT2D eigenvalue weighted by molar-refractivity contribution is 6.23. The molecule has 7 aromatic carbocycles. The van der Waals surface area contributed by atoms with Crippen molar-refractivity contribution in [2.75, 3.05) is 0 Å². The van der Waals surface area contributed by atoms with Crippen molar-refractivity contribution < 1.29 is 0 Å². The number of nitrogens with zero attached hydrogens (tertiary/aromatic N) is 2. The first-order valence-electron chi connectivity index (χ1n) is 16.2. The van der Waals surface area contributed by atoms with Gasteiger partial charge in [0, 0.05) is 12.4 Å². The van der Waals surface area contributed by atoms with Crippen molar-refractivity contribution >= 4 is 53.9 Å². The Labute approximate surface area is 268 Å². The van der Waals surface area contributed by atoms with Gasteiger partial charge in [-0.15, -0.1) is 0 Å². The molecule has 2 aromatic heterocycles. The molecule has 0 aliphatic carbocycles. The van der Waals surface area contributed by atoms with Crippen LogP contribution in [0.2, 0.25) is 0 Å². The molecule has 2 heterocycles. The van der Waals surface area contributed by atoms with E-state index in [1.807, 2.05) is 12.4 Å². The molecule has 2 heteroatoms. The third kappa shape index (κ3) is 4.66. The summed E-state index contributed by atoms with van der Waals surface area (Å²) in [5.41, 5.74) is 7.24. The summed E-state index contributed by atoms with van der Waals surface area (Å²) >= 11 is 0. The third-order valence-electron chi connectivity index (χ3n) is 9.76. The lowest BCUT2D eigenvalue weighted by molar-refractivity contribution is 0.961. The Bertz CT molecular complexity index is 2470. The monoisotopic (exact) mass is 588 g/mol. The number of rotatable bonds is 7.